The molecule has 0 aliphatic heterocycles. The molecule has 0 bridgehead atoms. The van der Waals surface area contributed by atoms with Gasteiger partial charge in [0.15, 0.2) is 0 Å². The Labute approximate surface area is 138 Å². The van der Waals surface area contributed by atoms with Crippen LogP contribution in [0, 0.1) is 11.7 Å². The molecule has 23 heavy (non-hydrogen) atoms. The lowest BCUT2D eigenvalue weighted by Gasteiger charge is -2.32. The summed E-state index contributed by atoms with van der Waals surface area (Å²) in [6.07, 6.45) is 8.89. The lowest BCUT2D eigenvalue weighted by atomic mass is 9.81. The van der Waals surface area contributed by atoms with Gasteiger partial charge in [-0.25, -0.2) is 4.39 Å². The smallest absolute Gasteiger partial charge is 0.141 e. The third-order valence-corrected chi connectivity index (χ3v) is 4.95. The number of aliphatic hydroxyl groups excluding tert-OH is 1. The second-order valence-electron chi connectivity index (χ2n) is 7.54. The van der Waals surface area contributed by atoms with Gasteiger partial charge in [-0.3, -0.25) is 4.98 Å². The zero-order valence-electron chi connectivity index (χ0n) is 14.3. The van der Waals surface area contributed by atoms with Crippen molar-refractivity contribution in [2.45, 2.75) is 70.1 Å². The van der Waals surface area contributed by atoms with Crippen LogP contribution in [0.25, 0.3) is 0 Å². The van der Waals surface area contributed by atoms with Crippen LogP contribution in [0.15, 0.2) is 18.5 Å². The molecule has 5 heteroatoms. The van der Waals surface area contributed by atoms with Crippen LogP contribution >= 0.6 is 0 Å². The molecule has 1 aliphatic carbocycles. The highest BCUT2D eigenvalue weighted by Gasteiger charge is 2.23. The van der Waals surface area contributed by atoms with Crippen molar-refractivity contribution in [3.8, 4) is 0 Å². The summed E-state index contributed by atoms with van der Waals surface area (Å²) in [5.74, 6) is 0.351. The summed E-state index contributed by atoms with van der Waals surface area (Å²) in [6.45, 7) is 4.70. The highest BCUT2D eigenvalue weighted by molar-refractivity contribution is 5.13. The predicted octanol–water partition coefficient (Wildman–Crippen LogP) is 2.92. The molecule has 0 radical (unpaired) electrons. The van der Waals surface area contributed by atoms with Crippen LogP contribution in [0.5, 0.6) is 0 Å². The Kier molecular flexibility index (Phi) is 6.50. The lowest BCUT2D eigenvalue weighted by Crippen LogP contribution is -2.42. The molecular weight excluding hydrogens is 293 g/mol. The van der Waals surface area contributed by atoms with Crippen molar-refractivity contribution in [2.24, 2.45) is 11.7 Å². The largest absolute Gasteiger partial charge is 0.387 e. The zero-order chi connectivity index (χ0) is 16.9. The minimum Gasteiger partial charge on any atom is -0.387 e. The van der Waals surface area contributed by atoms with Crippen molar-refractivity contribution in [1.29, 1.82) is 0 Å². The average Bonchev–Trinajstić information content (AvgIpc) is 2.52. The summed E-state index contributed by atoms with van der Waals surface area (Å²) in [7, 11) is 0. The van der Waals surface area contributed by atoms with Crippen LogP contribution in [0.3, 0.4) is 0 Å². The number of nitrogens with one attached hydrogen (secondary N) is 1. The van der Waals surface area contributed by atoms with Gasteiger partial charge in [0.05, 0.1) is 12.3 Å². The Hall–Kier alpha value is -1.04. The van der Waals surface area contributed by atoms with Crippen molar-refractivity contribution in [3.63, 3.8) is 0 Å². The molecule has 0 saturated heterocycles. The van der Waals surface area contributed by atoms with E-state index in [4.69, 9.17) is 5.73 Å². The van der Waals surface area contributed by atoms with E-state index >= 15 is 0 Å². The second-order valence-corrected chi connectivity index (χ2v) is 7.54. The van der Waals surface area contributed by atoms with Crippen molar-refractivity contribution >= 4 is 0 Å². The summed E-state index contributed by atoms with van der Waals surface area (Å²) in [5, 5.41) is 13.6. The minimum atomic E-state index is -0.745. The van der Waals surface area contributed by atoms with Gasteiger partial charge in [-0.15, -0.1) is 0 Å². The van der Waals surface area contributed by atoms with Gasteiger partial charge < -0.3 is 16.2 Å². The van der Waals surface area contributed by atoms with Gasteiger partial charge in [-0.2, -0.15) is 0 Å². The highest BCUT2D eigenvalue weighted by Crippen LogP contribution is 2.29. The molecule has 1 aromatic rings. The fraction of sp³-hybridized carbons (Fsp3) is 0.722. The van der Waals surface area contributed by atoms with E-state index in [1.165, 1.54) is 31.5 Å². The van der Waals surface area contributed by atoms with Gasteiger partial charge in [0.2, 0.25) is 0 Å². The van der Waals surface area contributed by atoms with Crippen LogP contribution in [0.1, 0.15) is 64.0 Å². The molecule has 0 unspecified atom stereocenters. The molecule has 1 saturated carbocycles. The lowest BCUT2D eigenvalue weighted by molar-refractivity contribution is 0.155. The molecule has 1 fully saturated rings. The number of aliphatic hydroxyl groups is 1. The number of hydrogen-bond donors (Lipinski definition) is 3. The number of rotatable bonds is 7. The first-order valence-electron chi connectivity index (χ1n) is 8.65. The Morgan fingerprint density at radius 1 is 1.35 bits per heavy atom. The first kappa shape index (κ1) is 18.3. The fourth-order valence-electron chi connectivity index (χ4n) is 3.23. The van der Waals surface area contributed by atoms with E-state index in [1.807, 2.05) is 0 Å². The van der Waals surface area contributed by atoms with E-state index in [2.05, 4.69) is 24.1 Å². The van der Waals surface area contributed by atoms with Gasteiger partial charge in [0, 0.05) is 29.9 Å². The maximum atomic E-state index is 13.2. The van der Waals surface area contributed by atoms with Crippen LogP contribution in [-0.2, 0) is 0 Å². The summed E-state index contributed by atoms with van der Waals surface area (Å²) in [6, 6.07) is 1.73. The maximum Gasteiger partial charge on any atom is 0.141 e. The van der Waals surface area contributed by atoms with E-state index in [0.29, 0.717) is 18.2 Å². The summed E-state index contributed by atoms with van der Waals surface area (Å²) in [5.41, 5.74) is 6.41. The monoisotopic (exact) mass is 323 g/mol. The number of halogens is 1. The SMILES string of the molecule is CC(C)(CCC1CCC(N)CC1)NC[C@H](O)c1cncc(F)c1. The summed E-state index contributed by atoms with van der Waals surface area (Å²) in [4.78, 5) is 3.78. The molecule has 4 N–H and O–H groups in total. The van der Waals surface area contributed by atoms with Gasteiger partial charge in [0.1, 0.15) is 5.82 Å². The normalized spacial score (nSPS) is 23.7. The van der Waals surface area contributed by atoms with Crippen molar-refractivity contribution in [3.05, 3.63) is 29.8 Å². The highest BCUT2D eigenvalue weighted by atomic mass is 19.1. The third kappa shape index (κ3) is 6.16. The summed E-state index contributed by atoms with van der Waals surface area (Å²) >= 11 is 0. The molecule has 1 atom stereocenters. The van der Waals surface area contributed by atoms with Crippen molar-refractivity contribution in [2.75, 3.05) is 6.54 Å². The Morgan fingerprint density at radius 2 is 2.04 bits per heavy atom. The molecule has 0 amide bonds. The first-order chi connectivity index (χ1) is 10.9. The fourth-order valence-corrected chi connectivity index (χ4v) is 3.23. The molecule has 130 valence electrons. The average molecular weight is 323 g/mol. The molecule has 1 aromatic heterocycles. The van der Waals surface area contributed by atoms with Crippen LogP contribution < -0.4 is 11.1 Å². The van der Waals surface area contributed by atoms with E-state index in [-0.39, 0.29) is 5.54 Å². The molecule has 0 spiro atoms. The number of hydrogen-bond acceptors (Lipinski definition) is 4. The predicted molar refractivity (Wildman–Crippen MR) is 90.4 cm³/mol. The van der Waals surface area contributed by atoms with Crippen molar-refractivity contribution < 1.29 is 9.50 Å². The number of aromatic nitrogens is 1. The van der Waals surface area contributed by atoms with Crippen LogP contribution in [0.4, 0.5) is 4.39 Å². The number of nitrogens with two attached hydrogens (primary N) is 1. The van der Waals surface area contributed by atoms with Gasteiger partial charge in [0.25, 0.3) is 0 Å². The molecule has 1 aliphatic rings. The molecule has 2 rings (SSSR count). The van der Waals surface area contributed by atoms with E-state index in [9.17, 15) is 9.50 Å². The second kappa shape index (κ2) is 8.18. The van der Waals surface area contributed by atoms with Gasteiger partial charge in [-0.05, 0) is 64.4 Å². The number of β-amino-alcohol motifs (C(OH)–C–C–N with tert-alkyl or cyclic N) is 1. The summed E-state index contributed by atoms with van der Waals surface area (Å²) < 4.78 is 13.2. The van der Waals surface area contributed by atoms with Crippen LogP contribution in [-0.4, -0.2) is 28.2 Å². The zero-order valence-corrected chi connectivity index (χ0v) is 14.3. The minimum absolute atomic E-state index is 0.0543. The van der Waals surface area contributed by atoms with Crippen LogP contribution in [0.2, 0.25) is 0 Å². The first-order valence-corrected chi connectivity index (χ1v) is 8.65. The van der Waals surface area contributed by atoms with Crippen molar-refractivity contribution in [1.82, 2.24) is 10.3 Å². The van der Waals surface area contributed by atoms with E-state index in [0.717, 1.165) is 31.4 Å². The standard InChI is InChI=1S/C18H30FN3O/c1-18(2,8-7-13-3-5-16(20)6-4-13)22-12-17(23)14-9-15(19)11-21-10-14/h9-11,13,16-17,22-23H,3-8,12,20H2,1-2H3/t13?,16?,17-/m0/s1. The van der Waals surface area contributed by atoms with Gasteiger partial charge in [-0.1, -0.05) is 0 Å². The Balaban J connectivity index is 1.74. The molecule has 1 heterocycles. The Morgan fingerprint density at radius 3 is 2.70 bits per heavy atom. The molecular formula is C18H30FN3O. The Bertz CT molecular complexity index is 487. The van der Waals surface area contributed by atoms with E-state index < -0.39 is 11.9 Å². The number of pyridine rings is 1. The topological polar surface area (TPSA) is 71.2 Å². The quantitative estimate of drug-likeness (QED) is 0.721. The number of nitrogens with zero attached hydrogens (tertiary/aromatic N) is 1. The van der Waals surface area contributed by atoms with E-state index in [1.54, 1.807) is 0 Å². The molecule has 0 aromatic carbocycles. The maximum absolute atomic E-state index is 13.2. The van der Waals surface area contributed by atoms with Gasteiger partial charge >= 0.3 is 0 Å². The third-order valence-electron chi connectivity index (χ3n) is 4.95. The molecule has 4 nitrogen and oxygen atoms in total.